The molecule has 0 rings (SSSR count). The maximum atomic E-state index is 7.03. The Hall–Kier alpha value is 5.52. The van der Waals surface area contributed by atoms with Crippen molar-refractivity contribution in [3.63, 3.8) is 0 Å². The van der Waals surface area contributed by atoms with Gasteiger partial charge in [0.2, 0.25) is 0 Å². The first-order valence-corrected chi connectivity index (χ1v) is 132. The molecule has 0 aromatic heterocycles. The minimum absolute atomic E-state index is 1.74. The Bertz CT molecular complexity index is 3250. The van der Waals surface area contributed by atoms with Crippen LogP contribution in [0.3, 0.4) is 0 Å². The van der Waals surface area contributed by atoms with Crippen molar-refractivity contribution in [3.8, 4) is 0 Å². The van der Waals surface area contributed by atoms with Crippen LogP contribution < -0.4 is 0 Å². The van der Waals surface area contributed by atoms with E-state index in [1.165, 1.54) is 0 Å². The van der Waals surface area contributed by atoms with Gasteiger partial charge in [0.25, 0.3) is 9.28 Å². The summed E-state index contributed by atoms with van der Waals surface area (Å²) >= 11 is 0. The zero-order valence-electron chi connectivity index (χ0n) is 90.8. The monoisotopic (exact) mass is 2290 g/mol. The van der Waals surface area contributed by atoms with E-state index in [-0.39, 0.29) is 0 Å². The molecule has 1 atom stereocenters. The van der Waals surface area contributed by atoms with Crippen LogP contribution >= 0.6 is 0 Å². The second-order valence-corrected chi connectivity index (χ2v) is 160. The molecule has 61 heteroatoms. The SMILES string of the molecule is C[SiH](O[Si](C)(C)C)O[Si](C)(C)O[Si](C)(C)O[Si](C)(C)O[Si](C)(C)O[Si](C)(C)O[Si](C)(C)O[Si](C)(C)O[Si](C)(C)O[Si](C)(C)O[Si](C)(C)O[Si](C)(C)O[Si](C)(C)O[Si](C)(C)O[Si](C)(C)O[Si](C)(C)O[Si](C)(C)O[Si](C)(C)O[Si](C)(C)O[Si](C)(C)O[Si](C)(C)O[Si](C)(C)O[Si](C)(C)O[Si](C)(C)O[Si](C)(C)O[Si](C)(C)O[Si](C)(C)O[Si](C)(C)O[Si](C)(C)O[Si](C)(C)C. The summed E-state index contributed by atoms with van der Waals surface area (Å²) in [6, 6.07) is 0. The van der Waals surface area contributed by atoms with Crippen molar-refractivity contribution in [3.05, 3.63) is 0 Å². The molecule has 746 valence electrons. The standard InChI is InChI=1S/C63H190O30Si31/c1-94(64-95(2,3)4)65-97(8,9)67-99(12,13)69-101(16,17)71-103(20,21)73-105(24,25)75-107(28,29)77-109(32,33)79-111(36,37)81-113(40,41)83-115(44,45)85-117(48,49)87-119(52,53)89-121(56,57)91-123(60,61)93-124(62,63)92-122(58,59)90-120(54,55)88-118(50,51)86-116(46,47)84-114(42,43)82-112(38,39)80-110(34,35)78-108(30,31)76-106(26,27)74-104(22,23)72-102(18,19)70-100(14,15)68-98(10,11)66-96(5,6)7/h94H,1-63H3. The summed E-state index contributed by atoms with van der Waals surface area (Å²) in [6.45, 7) is 131. The third-order valence-corrected chi connectivity index (χ3v) is 133. The second kappa shape index (κ2) is 43.8. The van der Waals surface area contributed by atoms with Gasteiger partial charge in [-0.3, -0.25) is 0 Å². The van der Waals surface area contributed by atoms with E-state index >= 15 is 0 Å². The summed E-state index contributed by atoms with van der Waals surface area (Å²) in [4.78, 5) is 0. The van der Waals surface area contributed by atoms with Gasteiger partial charge in [-0.05, 0) is 412 Å². The Morgan fingerprint density at radius 3 is 0.234 bits per heavy atom. The molecule has 1 unspecified atom stereocenters. The third-order valence-electron chi connectivity index (χ3n) is 14.8. The molecule has 0 N–H and O–H groups in total. The highest BCUT2D eigenvalue weighted by atomic mass is 28.6. The first kappa shape index (κ1) is 130. The average molecular weight is 2300 g/mol. The highest BCUT2D eigenvalue weighted by molar-refractivity contribution is 6.99. The topological polar surface area (TPSA) is 277 Å². The molecule has 124 heavy (non-hydrogen) atoms. The molecule has 0 saturated carbocycles. The van der Waals surface area contributed by atoms with E-state index < -0.39 is 266 Å². The van der Waals surface area contributed by atoms with Gasteiger partial charge in [0, 0.05) is 0 Å². The lowest BCUT2D eigenvalue weighted by molar-refractivity contribution is 0.243. The Balaban J connectivity index is 5.96. The lowest BCUT2D eigenvalue weighted by Gasteiger charge is -2.45. The quantitative estimate of drug-likeness (QED) is 0.0512. The summed E-state index contributed by atoms with van der Waals surface area (Å²) < 4.78 is 207. The fraction of sp³-hybridized carbons (Fsp3) is 1.00. The first-order chi connectivity index (χ1) is 52.9. The van der Waals surface area contributed by atoms with Crippen LogP contribution in [0.5, 0.6) is 0 Å². The van der Waals surface area contributed by atoms with Crippen LogP contribution in [0.1, 0.15) is 0 Å². The van der Waals surface area contributed by atoms with E-state index in [1.807, 2.05) is 0 Å². The van der Waals surface area contributed by atoms with Crippen molar-refractivity contribution in [2.24, 2.45) is 0 Å². The molecular formula is C63H190O30Si31. The normalized spacial score (nSPS) is 16.5. The minimum atomic E-state index is -2.94. The summed E-state index contributed by atoms with van der Waals surface area (Å²) in [6.07, 6.45) is 0. The first-order valence-electron chi connectivity index (χ1n) is 43.9. The van der Waals surface area contributed by atoms with E-state index in [4.69, 9.17) is 123 Å². The maximum Gasteiger partial charge on any atom is 0.314 e. The molecule has 0 spiro atoms. The molecule has 0 aliphatic rings. The van der Waals surface area contributed by atoms with Crippen LogP contribution in [0.25, 0.3) is 0 Å². The second-order valence-electron chi connectivity index (χ2n) is 47.1. The largest absolute Gasteiger partial charge is 0.439 e. The van der Waals surface area contributed by atoms with Gasteiger partial charge in [-0.1, -0.05) is 0 Å². The molecule has 0 bridgehead atoms. The maximum absolute atomic E-state index is 7.03. The Labute approximate surface area is 794 Å². The highest BCUT2D eigenvalue weighted by Gasteiger charge is 2.58. The number of hydrogen-bond donors (Lipinski definition) is 0. The smallest absolute Gasteiger partial charge is 0.314 e. The zero-order chi connectivity index (χ0) is 99.8. The van der Waals surface area contributed by atoms with Crippen molar-refractivity contribution in [2.75, 3.05) is 0 Å². The van der Waals surface area contributed by atoms with Crippen LogP contribution in [-0.2, 0) is 123 Å². The molecule has 0 heterocycles. The van der Waals surface area contributed by atoms with E-state index in [9.17, 15) is 0 Å². The van der Waals surface area contributed by atoms with Gasteiger partial charge in [0.15, 0.2) is 16.6 Å². The summed E-state index contributed by atoms with van der Waals surface area (Å²) in [5.74, 6) is 0. The fourth-order valence-electron chi connectivity index (χ4n) is 18.2. The van der Waals surface area contributed by atoms with Crippen molar-refractivity contribution in [1.29, 1.82) is 0 Å². The summed E-state index contributed by atoms with van der Waals surface area (Å²) in [5, 5.41) is 0. The van der Waals surface area contributed by atoms with Crippen LogP contribution in [0.15, 0.2) is 0 Å². The Kier molecular flexibility index (Phi) is 45.7. The molecule has 0 aromatic carbocycles. The minimum Gasteiger partial charge on any atom is -0.439 e. The molecule has 30 nitrogen and oxygen atoms in total. The number of hydrogen-bond acceptors (Lipinski definition) is 30. The van der Waals surface area contributed by atoms with E-state index in [1.54, 1.807) is 0 Å². The molecular weight excluding hydrogens is 2110 g/mol. The zero-order valence-corrected chi connectivity index (χ0v) is 122. The van der Waals surface area contributed by atoms with E-state index in [0.717, 1.165) is 0 Å². The van der Waals surface area contributed by atoms with Gasteiger partial charge in [0.05, 0.1) is 0 Å². The summed E-state index contributed by atoms with van der Waals surface area (Å²) in [5.41, 5.74) is 0. The van der Waals surface area contributed by atoms with E-state index in [0.29, 0.717) is 0 Å². The van der Waals surface area contributed by atoms with Crippen molar-refractivity contribution in [2.45, 2.75) is 412 Å². The molecule has 0 amide bonds. The van der Waals surface area contributed by atoms with Gasteiger partial charge in [-0.25, -0.2) is 0 Å². The molecule has 0 aliphatic carbocycles. The van der Waals surface area contributed by atoms with Crippen molar-refractivity contribution in [1.82, 2.24) is 0 Å². The molecule has 0 saturated heterocycles. The third kappa shape index (κ3) is 60.6. The van der Waals surface area contributed by atoms with Gasteiger partial charge >= 0.3 is 240 Å². The predicted octanol–water partition coefficient (Wildman–Crippen LogP) is 22.7. The summed E-state index contributed by atoms with van der Waals surface area (Å²) in [7, 11) is -85.1. The molecule has 0 aromatic rings. The fourth-order valence-corrected chi connectivity index (χ4v) is 175. The predicted molar refractivity (Wildman–Crippen MR) is 582 cm³/mol. The van der Waals surface area contributed by atoms with Gasteiger partial charge in [-0.15, -0.1) is 0 Å². The number of rotatable bonds is 60. The molecule has 0 aliphatic heterocycles. The van der Waals surface area contributed by atoms with Crippen molar-refractivity contribution >= 4 is 266 Å². The highest BCUT2D eigenvalue weighted by Crippen LogP contribution is 2.39. The Morgan fingerprint density at radius 1 is 0.0887 bits per heavy atom. The van der Waals surface area contributed by atoms with Gasteiger partial charge in [-0.2, -0.15) is 0 Å². The molecule has 0 radical (unpaired) electrons. The van der Waals surface area contributed by atoms with Crippen LogP contribution in [0.2, 0.25) is 412 Å². The van der Waals surface area contributed by atoms with Gasteiger partial charge in [0.1, 0.15) is 0 Å². The van der Waals surface area contributed by atoms with Crippen LogP contribution in [-0.4, -0.2) is 266 Å². The van der Waals surface area contributed by atoms with Crippen molar-refractivity contribution < 1.29 is 123 Å². The van der Waals surface area contributed by atoms with Gasteiger partial charge < -0.3 is 123 Å². The Morgan fingerprint density at radius 2 is 0.161 bits per heavy atom. The van der Waals surface area contributed by atoms with Crippen LogP contribution in [0.4, 0.5) is 0 Å². The average Bonchev–Trinajstić information content (AvgIpc) is 0.797. The van der Waals surface area contributed by atoms with E-state index in [2.05, 4.69) is 412 Å². The van der Waals surface area contributed by atoms with Crippen LogP contribution in [0, 0.1) is 0 Å². The molecule has 0 fully saturated rings. The lowest BCUT2D eigenvalue weighted by atomic mass is 11.8. The lowest BCUT2D eigenvalue weighted by Crippen LogP contribution is -2.63.